The molecule has 0 aliphatic carbocycles. The number of piperidine rings is 1. The lowest BCUT2D eigenvalue weighted by molar-refractivity contribution is -0.367. The van der Waals surface area contributed by atoms with Gasteiger partial charge in [0.05, 0.1) is 13.1 Å². The summed E-state index contributed by atoms with van der Waals surface area (Å²) in [7, 11) is 0. The van der Waals surface area contributed by atoms with Crippen LogP contribution in [0.5, 0.6) is 11.5 Å². The number of rotatable bonds is 5. The summed E-state index contributed by atoms with van der Waals surface area (Å²) in [5.74, 6) is 2.58. The first-order valence-corrected chi connectivity index (χ1v) is 11.3. The van der Waals surface area contributed by atoms with Gasteiger partial charge in [0, 0.05) is 23.9 Å². The Labute approximate surface area is 192 Å². The average molecular weight is 443 g/mol. The molecule has 3 heterocycles. The fourth-order valence-corrected chi connectivity index (χ4v) is 4.38. The molecule has 0 unspecified atom stereocenters. The largest absolute Gasteiger partial charge is 0.457 e. The van der Waals surface area contributed by atoms with Crippen molar-refractivity contribution in [1.82, 2.24) is 9.97 Å². The molecule has 0 atom stereocenters. The number of aromatic amines is 2. The number of aryl methyl sites for hydroxylation is 2. The number of hydrogen-bond donors (Lipinski definition) is 2. The second-order valence-corrected chi connectivity index (χ2v) is 8.64. The standard InChI is InChI=1S/C26H27N5O2/c1-17-6-8-21(9-7-17)33-22-5-3-4-20(14-22)30-26(32)19-10-12-31(13-11-19)25-23-18(2)15-27-24(23)28-16-29-25/h3-9,14-16,19H,10-13H2,1-2H3,(H,30,32)(H,27,28,29)/p+1. The van der Waals surface area contributed by atoms with E-state index in [-0.39, 0.29) is 11.8 Å². The van der Waals surface area contributed by atoms with E-state index in [1.54, 1.807) is 6.33 Å². The molecule has 33 heavy (non-hydrogen) atoms. The molecule has 0 spiro atoms. The first-order valence-electron chi connectivity index (χ1n) is 11.3. The molecular weight excluding hydrogens is 414 g/mol. The van der Waals surface area contributed by atoms with Gasteiger partial charge in [-0.3, -0.25) is 9.69 Å². The smallest absolute Gasteiger partial charge is 0.234 e. The second kappa shape index (κ2) is 8.94. The number of carbonyl (C=O) groups is 1. The maximum Gasteiger partial charge on any atom is 0.234 e. The van der Waals surface area contributed by atoms with Gasteiger partial charge in [-0.2, -0.15) is 0 Å². The van der Waals surface area contributed by atoms with E-state index in [1.807, 2.05) is 61.7 Å². The third-order valence-electron chi connectivity index (χ3n) is 6.23. The van der Waals surface area contributed by atoms with Crippen LogP contribution in [0.1, 0.15) is 24.0 Å². The minimum Gasteiger partial charge on any atom is -0.457 e. The molecule has 1 aliphatic heterocycles. The third-order valence-corrected chi connectivity index (χ3v) is 6.23. The van der Waals surface area contributed by atoms with Crippen LogP contribution in [0, 0.1) is 19.8 Å². The molecule has 1 saturated heterocycles. The zero-order chi connectivity index (χ0) is 22.8. The van der Waals surface area contributed by atoms with Gasteiger partial charge in [0.25, 0.3) is 0 Å². The Morgan fingerprint density at radius 1 is 1.12 bits per heavy atom. The van der Waals surface area contributed by atoms with Crippen LogP contribution < -0.4 is 19.9 Å². The number of fused-ring (bicyclic) bond motifs is 1. The van der Waals surface area contributed by atoms with Crippen molar-refractivity contribution in [2.45, 2.75) is 26.7 Å². The van der Waals surface area contributed by atoms with Crippen molar-refractivity contribution in [3.8, 4) is 11.5 Å². The fraction of sp³-hybridized carbons (Fsp3) is 0.269. The lowest BCUT2D eigenvalue weighted by atomic mass is 9.95. The summed E-state index contributed by atoms with van der Waals surface area (Å²) >= 11 is 0. The van der Waals surface area contributed by atoms with Crippen LogP contribution in [0.15, 0.2) is 61.1 Å². The Hall–Kier alpha value is -3.87. The third kappa shape index (κ3) is 4.53. The number of nitrogens with one attached hydrogen (secondary N) is 3. The van der Waals surface area contributed by atoms with Crippen LogP contribution >= 0.6 is 0 Å². The molecule has 0 saturated carbocycles. The van der Waals surface area contributed by atoms with E-state index < -0.39 is 0 Å². The second-order valence-electron chi connectivity index (χ2n) is 8.64. The van der Waals surface area contributed by atoms with E-state index in [9.17, 15) is 4.79 Å². The van der Waals surface area contributed by atoms with Crippen molar-refractivity contribution in [2.75, 3.05) is 23.3 Å². The lowest BCUT2D eigenvalue weighted by Gasteiger charge is -2.28. The summed E-state index contributed by atoms with van der Waals surface area (Å²) < 4.78 is 5.93. The van der Waals surface area contributed by atoms with Crippen molar-refractivity contribution >= 4 is 28.4 Å². The summed E-state index contributed by atoms with van der Waals surface area (Å²) in [6, 6.07) is 15.5. The van der Waals surface area contributed by atoms with Crippen LogP contribution in [0.4, 0.5) is 11.5 Å². The van der Waals surface area contributed by atoms with Crippen LogP contribution in [0.2, 0.25) is 0 Å². The van der Waals surface area contributed by atoms with Crippen LogP contribution in [0.25, 0.3) is 11.0 Å². The fourth-order valence-electron chi connectivity index (χ4n) is 4.38. The summed E-state index contributed by atoms with van der Waals surface area (Å²) in [4.78, 5) is 26.1. The molecule has 2 aromatic carbocycles. The van der Waals surface area contributed by atoms with Crippen LogP contribution in [-0.4, -0.2) is 29.0 Å². The molecule has 7 heteroatoms. The molecule has 0 bridgehead atoms. The Morgan fingerprint density at radius 2 is 1.91 bits per heavy atom. The minimum absolute atomic E-state index is 0.0208. The van der Waals surface area contributed by atoms with Crippen molar-refractivity contribution in [1.29, 1.82) is 0 Å². The van der Waals surface area contributed by atoms with Crippen molar-refractivity contribution in [2.24, 2.45) is 5.92 Å². The zero-order valence-electron chi connectivity index (χ0n) is 18.9. The van der Waals surface area contributed by atoms with Gasteiger partial charge in [-0.1, -0.05) is 28.7 Å². The van der Waals surface area contributed by atoms with Crippen molar-refractivity contribution in [3.63, 3.8) is 0 Å². The maximum absolute atomic E-state index is 12.9. The average Bonchev–Trinajstić information content (AvgIpc) is 3.22. The summed E-state index contributed by atoms with van der Waals surface area (Å²) in [6.45, 7) is 5.75. The van der Waals surface area contributed by atoms with E-state index in [4.69, 9.17) is 4.74 Å². The molecule has 1 fully saturated rings. The Balaban J connectivity index is 1.21. The number of aromatic nitrogens is 3. The van der Waals surface area contributed by atoms with Crippen LogP contribution in [0.3, 0.4) is 0 Å². The highest BCUT2D eigenvalue weighted by Crippen LogP contribution is 2.29. The molecule has 4 aromatic rings. The van der Waals surface area contributed by atoms with Gasteiger partial charge in [-0.25, -0.2) is 4.98 Å². The molecule has 5 rings (SSSR count). The molecular formula is C26H28N5O2+. The first-order chi connectivity index (χ1) is 16.1. The molecule has 1 aliphatic rings. The van der Waals surface area contributed by atoms with E-state index in [0.717, 1.165) is 59.8 Å². The number of amides is 1. The number of H-pyrrole nitrogens is 2. The lowest BCUT2D eigenvalue weighted by Crippen LogP contribution is -2.40. The van der Waals surface area contributed by atoms with E-state index >= 15 is 0 Å². The zero-order valence-corrected chi connectivity index (χ0v) is 18.9. The predicted octanol–water partition coefficient (Wildman–Crippen LogP) is 4.64. The van der Waals surface area contributed by atoms with Gasteiger partial charge in [-0.15, -0.1) is 0 Å². The topological polar surface area (TPSA) is 84.4 Å². The molecule has 7 nitrogen and oxygen atoms in total. The highest BCUT2D eigenvalue weighted by Gasteiger charge is 2.30. The number of benzene rings is 2. The van der Waals surface area contributed by atoms with E-state index in [2.05, 4.69) is 32.1 Å². The Bertz CT molecular complexity index is 1270. The molecule has 2 aromatic heterocycles. The Kier molecular flexibility index (Phi) is 5.69. The van der Waals surface area contributed by atoms with E-state index in [1.165, 1.54) is 5.56 Å². The van der Waals surface area contributed by atoms with Gasteiger partial charge in [0.1, 0.15) is 16.9 Å². The summed E-state index contributed by atoms with van der Waals surface area (Å²) in [5, 5.41) is 4.19. The maximum atomic E-state index is 12.9. The first kappa shape index (κ1) is 21.0. The number of anilines is 2. The van der Waals surface area contributed by atoms with Crippen LogP contribution in [-0.2, 0) is 4.79 Å². The highest BCUT2D eigenvalue weighted by atomic mass is 16.5. The number of ether oxygens (including phenoxy) is 1. The van der Waals surface area contributed by atoms with Gasteiger partial charge in [0.2, 0.25) is 23.7 Å². The van der Waals surface area contributed by atoms with Gasteiger partial charge >= 0.3 is 0 Å². The molecule has 0 radical (unpaired) electrons. The quantitative estimate of drug-likeness (QED) is 0.472. The van der Waals surface area contributed by atoms with Crippen molar-refractivity contribution in [3.05, 3.63) is 72.2 Å². The summed E-state index contributed by atoms with van der Waals surface area (Å²) in [6.07, 6.45) is 5.29. The van der Waals surface area contributed by atoms with E-state index in [0.29, 0.717) is 5.75 Å². The van der Waals surface area contributed by atoms with Crippen molar-refractivity contribution < 1.29 is 14.5 Å². The molecule has 168 valence electrons. The normalized spacial score (nSPS) is 14.4. The van der Waals surface area contributed by atoms with Gasteiger partial charge < -0.3 is 15.0 Å². The highest BCUT2D eigenvalue weighted by molar-refractivity contribution is 5.93. The minimum atomic E-state index is -0.0208. The number of hydrogen-bond acceptors (Lipinski definition) is 4. The summed E-state index contributed by atoms with van der Waals surface area (Å²) in [5.41, 5.74) is 3.98. The Morgan fingerprint density at radius 3 is 2.70 bits per heavy atom. The number of nitrogens with zero attached hydrogens (tertiary/aromatic N) is 2. The SMILES string of the molecule is Cc1ccc(Oc2cccc(NC(=O)C3CCN(c4[nH+]cnc5[nH]cc(C)c45)CC3)c2)cc1. The number of carbonyl (C=O) groups excluding carboxylic acids is 1. The van der Waals surface area contributed by atoms with Gasteiger partial charge in [0.15, 0.2) is 0 Å². The monoisotopic (exact) mass is 442 g/mol. The molecule has 1 amide bonds. The van der Waals surface area contributed by atoms with Gasteiger partial charge in [-0.05, 0) is 56.5 Å². The molecule has 3 N–H and O–H groups in total. The predicted molar refractivity (Wildman–Crippen MR) is 129 cm³/mol.